The number of nitrogens with two attached hydrogens (primary N) is 1. The second-order valence-corrected chi connectivity index (χ2v) is 7.11. The molecule has 1 aliphatic heterocycles. The summed E-state index contributed by atoms with van der Waals surface area (Å²) < 4.78 is 0. The minimum atomic E-state index is -0.210. The van der Waals surface area contributed by atoms with Gasteiger partial charge in [-0.3, -0.25) is 9.59 Å². The highest BCUT2D eigenvalue weighted by atomic mass is 35.5. The molecule has 0 aromatic rings. The minimum Gasteiger partial charge on any atom is -0.345 e. The molecule has 138 valence electrons. The molecule has 2 N–H and O–H groups in total. The second-order valence-electron chi connectivity index (χ2n) is 7.11. The van der Waals surface area contributed by atoms with E-state index in [0.717, 1.165) is 6.54 Å². The van der Waals surface area contributed by atoms with Crippen LogP contribution in [0.2, 0.25) is 0 Å². The lowest BCUT2D eigenvalue weighted by molar-refractivity contribution is -0.135. The largest absolute Gasteiger partial charge is 0.345 e. The predicted octanol–water partition coefficient (Wildman–Crippen LogP) is 0.683. The number of carbonyl (C=O) groups is 2. The van der Waals surface area contributed by atoms with Crippen molar-refractivity contribution in [2.75, 3.05) is 53.9 Å². The Hall–Kier alpha value is -0.560. The van der Waals surface area contributed by atoms with Crippen LogP contribution in [0.15, 0.2) is 0 Å². The van der Waals surface area contributed by atoms with Crippen molar-refractivity contribution in [2.45, 2.75) is 20.3 Å². The van der Waals surface area contributed by atoms with Crippen molar-refractivity contribution in [3.8, 4) is 0 Å². The summed E-state index contributed by atoms with van der Waals surface area (Å²) in [4.78, 5) is 30.0. The SMILES string of the molecule is CN(C)CCN1CC(C(=O)N(C)CC(C)(C)CN)CC1=O.Cl.Cl. The van der Waals surface area contributed by atoms with Crippen LogP contribution in [-0.4, -0.2) is 80.4 Å². The van der Waals surface area contributed by atoms with Crippen LogP contribution < -0.4 is 5.73 Å². The van der Waals surface area contributed by atoms with Crippen LogP contribution in [0.4, 0.5) is 0 Å². The molecule has 2 amide bonds. The zero-order valence-electron chi connectivity index (χ0n) is 14.9. The number of nitrogens with zero attached hydrogens (tertiary/aromatic N) is 3. The van der Waals surface area contributed by atoms with Crippen molar-refractivity contribution in [1.82, 2.24) is 14.7 Å². The zero-order valence-corrected chi connectivity index (χ0v) is 16.5. The first kappa shape index (κ1) is 24.7. The van der Waals surface area contributed by atoms with Gasteiger partial charge in [-0.15, -0.1) is 24.8 Å². The van der Waals surface area contributed by atoms with Crippen LogP contribution in [0.5, 0.6) is 0 Å². The lowest BCUT2D eigenvalue weighted by Crippen LogP contribution is -2.43. The fraction of sp³-hybridized carbons (Fsp3) is 0.867. The highest BCUT2D eigenvalue weighted by Gasteiger charge is 2.36. The van der Waals surface area contributed by atoms with E-state index in [4.69, 9.17) is 5.73 Å². The topological polar surface area (TPSA) is 69.9 Å². The zero-order chi connectivity index (χ0) is 16.2. The van der Waals surface area contributed by atoms with Crippen molar-refractivity contribution in [3.63, 3.8) is 0 Å². The molecule has 0 aromatic heterocycles. The van der Waals surface area contributed by atoms with Gasteiger partial charge in [0, 0.05) is 39.6 Å². The Kier molecular flexibility index (Phi) is 11.1. The van der Waals surface area contributed by atoms with Gasteiger partial charge < -0.3 is 20.4 Å². The van der Waals surface area contributed by atoms with Gasteiger partial charge in [-0.1, -0.05) is 13.8 Å². The van der Waals surface area contributed by atoms with E-state index in [-0.39, 0.29) is 48.0 Å². The van der Waals surface area contributed by atoms with Gasteiger partial charge in [0.1, 0.15) is 0 Å². The van der Waals surface area contributed by atoms with Crippen LogP contribution in [0.25, 0.3) is 0 Å². The van der Waals surface area contributed by atoms with Crippen LogP contribution in [0.3, 0.4) is 0 Å². The second kappa shape index (κ2) is 10.3. The van der Waals surface area contributed by atoms with Crippen LogP contribution in [0, 0.1) is 11.3 Å². The van der Waals surface area contributed by atoms with E-state index >= 15 is 0 Å². The van der Waals surface area contributed by atoms with Gasteiger partial charge in [0.2, 0.25) is 11.8 Å². The molecule has 1 atom stereocenters. The number of carbonyl (C=O) groups excluding carboxylic acids is 2. The standard InChI is InChI=1S/C15H30N4O2.2ClH/c1-15(2,10-16)11-18(5)14(21)12-8-13(20)19(9-12)7-6-17(3)4;;/h12H,6-11,16H2,1-5H3;2*1H. The smallest absolute Gasteiger partial charge is 0.227 e. The fourth-order valence-corrected chi connectivity index (χ4v) is 2.57. The van der Waals surface area contributed by atoms with Crippen molar-refractivity contribution < 1.29 is 9.59 Å². The Labute approximate surface area is 152 Å². The van der Waals surface area contributed by atoms with E-state index in [1.165, 1.54) is 0 Å². The average Bonchev–Trinajstić information content (AvgIpc) is 2.76. The molecule has 0 saturated carbocycles. The third-order valence-electron chi connectivity index (χ3n) is 3.97. The maximum atomic E-state index is 12.5. The number of rotatable bonds is 7. The summed E-state index contributed by atoms with van der Waals surface area (Å²) in [6, 6.07) is 0. The van der Waals surface area contributed by atoms with Crippen molar-refractivity contribution in [3.05, 3.63) is 0 Å². The molecule has 1 unspecified atom stereocenters. The monoisotopic (exact) mass is 370 g/mol. The Morgan fingerprint density at radius 2 is 1.87 bits per heavy atom. The van der Waals surface area contributed by atoms with E-state index in [9.17, 15) is 9.59 Å². The Morgan fingerprint density at radius 1 is 1.30 bits per heavy atom. The molecule has 0 aliphatic carbocycles. The van der Waals surface area contributed by atoms with Gasteiger partial charge in [0.05, 0.1) is 5.92 Å². The number of amides is 2. The maximum Gasteiger partial charge on any atom is 0.227 e. The molecule has 1 aliphatic rings. The lowest BCUT2D eigenvalue weighted by atomic mass is 9.92. The molecule has 1 heterocycles. The summed E-state index contributed by atoms with van der Waals surface area (Å²) in [5.41, 5.74) is 5.62. The molecule has 0 radical (unpaired) electrons. The first-order chi connectivity index (χ1) is 9.66. The molecule has 0 aromatic carbocycles. The molecule has 1 saturated heterocycles. The van der Waals surface area contributed by atoms with E-state index < -0.39 is 0 Å². The molecule has 23 heavy (non-hydrogen) atoms. The Balaban J connectivity index is 0. The normalized spacial score (nSPS) is 17.8. The van der Waals surface area contributed by atoms with Gasteiger partial charge in [0.25, 0.3) is 0 Å². The third-order valence-corrected chi connectivity index (χ3v) is 3.97. The third kappa shape index (κ3) is 7.70. The van der Waals surface area contributed by atoms with Crippen molar-refractivity contribution in [1.29, 1.82) is 0 Å². The molecular weight excluding hydrogens is 339 g/mol. The number of likely N-dealkylation sites (N-methyl/N-ethyl adjacent to an activating group) is 1. The number of likely N-dealkylation sites (tertiary alicyclic amines) is 1. The maximum absolute atomic E-state index is 12.5. The van der Waals surface area contributed by atoms with E-state index in [0.29, 0.717) is 32.6 Å². The number of hydrogen-bond acceptors (Lipinski definition) is 4. The first-order valence-electron chi connectivity index (χ1n) is 7.54. The Morgan fingerprint density at radius 3 is 2.35 bits per heavy atom. The van der Waals surface area contributed by atoms with Crippen molar-refractivity contribution >= 4 is 36.6 Å². The van der Waals surface area contributed by atoms with E-state index in [1.807, 2.05) is 32.8 Å². The number of hydrogen-bond donors (Lipinski definition) is 1. The summed E-state index contributed by atoms with van der Waals surface area (Å²) in [7, 11) is 5.75. The van der Waals surface area contributed by atoms with Gasteiger partial charge in [-0.05, 0) is 26.1 Å². The summed E-state index contributed by atoms with van der Waals surface area (Å²) in [6.45, 7) is 7.28. The fourth-order valence-electron chi connectivity index (χ4n) is 2.57. The predicted molar refractivity (Wildman–Crippen MR) is 98.2 cm³/mol. The summed E-state index contributed by atoms with van der Waals surface area (Å²) >= 11 is 0. The van der Waals surface area contributed by atoms with Gasteiger partial charge in [-0.25, -0.2) is 0 Å². The van der Waals surface area contributed by atoms with Crippen LogP contribution >= 0.6 is 24.8 Å². The highest BCUT2D eigenvalue weighted by molar-refractivity contribution is 5.89. The molecule has 0 spiro atoms. The Bertz CT molecular complexity index is 392. The van der Waals surface area contributed by atoms with Crippen molar-refractivity contribution in [2.24, 2.45) is 17.1 Å². The minimum absolute atomic E-state index is 0. The summed E-state index contributed by atoms with van der Waals surface area (Å²) in [5, 5.41) is 0. The molecule has 1 rings (SSSR count). The van der Waals surface area contributed by atoms with E-state index in [1.54, 1.807) is 16.8 Å². The quantitative estimate of drug-likeness (QED) is 0.715. The lowest BCUT2D eigenvalue weighted by Gasteiger charge is -2.30. The molecule has 0 bridgehead atoms. The molecule has 8 heteroatoms. The molecular formula is C15H32Cl2N4O2. The van der Waals surface area contributed by atoms with E-state index in [2.05, 4.69) is 0 Å². The summed E-state index contributed by atoms with van der Waals surface area (Å²) in [6.07, 6.45) is 0.333. The van der Waals surface area contributed by atoms with Gasteiger partial charge in [0.15, 0.2) is 0 Å². The van der Waals surface area contributed by atoms with Gasteiger partial charge >= 0.3 is 0 Å². The van der Waals surface area contributed by atoms with Crippen LogP contribution in [0.1, 0.15) is 20.3 Å². The molecule has 6 nitrogen and oxygen atoms in total. The molecule has 1 fully saturated rings. The van der Waals surface area contributed by atoms with Crippen LogP contribution in [-0.2, 0) is 9.59 Å². The number of halogens is 2. The first-order valence-corrected chi connectivity index (χ1v) is 7.54. The van der Waals surface area contributed by atoms with Gasteiger partial charge in [-0.2, -0.15) is 0 Å². The highest BCUT2D eigenvalue weighted by Crippen LogP contribution is 2.22. The average molecular weight is 371 g/mol. The summed E-state index contributed by atoms with van der Waals surface area (Å²) in [5.74, 6) is -0.0721.